The van der Waals surface area contributed by atoms with Gasteiger partial charge in [-0.3, -0.25) is 14.4 Å². The van der Waals surface area contributed by atoms with Crippen molar-refractivity contribution in [3.8, 4) is 0 Å². The van der Waals surface area contributed by atoms with Gasteiger partial charge in [-0.25, -0.2) is 0 Å². The monoisotopic (exact) mass is 365 g/mol. The van der Waals surface area contributed by atoms with Crippen LogP contribution in [0, 0.1) is 0 Å². The van der Waals surface area contributed by atoms with Crippen LogP contribution >= 0.6 is 12.2 Å². The van der Waals surface area contributed by atoms with Gasteiger partial charge in [0.05, 0.1) is 24.3 Å². The second-order valence-corrected chi connectivity index (χ2v) is 5.89. The fourth-order valence-corrected chi connectivity index (χ4v) is 2.15. The lowest BCUT2D eigenvalue weighted by molar-refractivity contribution is -0.144. The largest absolute Gasteiger partial charge is 0.466 e. The fourth-order valence-electron chi connectivity index (χ4n) is 1.92. The van der Waals surface area contributed by atoms with E-state index in [1.807, 2.05) is 13.8 Å². The van der Waals surface area contributed by atoms with Gasteiger partial charge < -0.3 is 20.7 Å². The summed E-state index contributed by atoms with van der Waals surface area (Å²) in [6, 6.07) is 6.83. The standard InChI is InChI=1S/C17H23N3O4S/c1-4-24-15(22)10-9-14(21)20-17(25)19-13-8-6-5-7-12(13)16(23)18-11(2)3/h5-8,11H,4,9-10H2,1-3H3,(H,18,23)(H2,19,20,21,25). The number of rotatable bonds is 7. The second-order valence-electron chi connectivity index (χ2n) is 5.48. The van der Waals surface area contributed by atoms with E-state index in [2.05, 4.69) is 16.0 Å². The molecular weight excluding hydrogens is 342 g/mol. The molecule has 1 aromatic rings. The number of nitrogens with one attached hydrogen (secondary N) is 3. The molecule has 0 heterocycles. The summed E-state index contributed by atoms with van der Waals surface area (Å²) < 4.78 is 4.75. The van der Waals surface area contributed by atoms with Crippen molar-refractivity contribution >= 4 is 40.8 Å². The number of ether oxygens (including phenoxy) is 1. The molecule has 3 N–H and O–H groups in total. The van der Waals surface area contributed by atoms with Crippen LogP contribution in [-0.4, -0.2) is 35.5 Å². The van der Waals surface area contributed by atoms with Crippen molar-refractivity contribution in [2.24, 2.45) is 0 Å². The summed E-state index contributed by atoms with van der Waals surface area (Å²) in [4.78, 5) is 35.2. The van der Waals surface area contributed by atoms with Gasteiger partial charge in [0.2, 0.25) is 5.91 Å². The molecule has 136 valence electrons. The zero-order valence-corrected chi connectivity index (χ0v) is 15.4. The van der Waals surface area contributed by atoms with Crippen LogP contribution in [0.15, 0.2) is 24.3 Å². The van der Waals surface area contributed by atoms with Gasteiger partial charge >= 0.3 is 5.97 Å². The summed E-state index contributed by atoms with van der Waals surface area (Å²) in [5.41, 5.74) is 0.899. The SMILES string of the molecule is CCOC(=O)CCC(=O)NC(=S)Nc1ccccc1C(=O)NC(C)C. The Bertz CT molecular complexity index is 647. The van der Waals surface area contributed by atoms with E-state index in [1.54, 1.807) is 31.2 Å². The molecule has 0 saturated heterocycles. The third-order valence-corrected chi connectivity index (χ3v) is 3.16. The molecule has 0 unspecified atom stereocenters. The maximum absolute atomic E-state index is 12.2. The molecule has 0 saturated carbocycles. The van der Waals surface area contributed by atoms with E-state index in [0.29, 0.717) is 11.3 Å². The van der Waals surface area contributed by atoms with E-state index in [1.165, 1.54) is 0 Å². The predicted octanol–water partition coefficient (Wildman–Crippen LogP) is 1.98. The van der Waals surface area contributed by atoms with Crippen molar-refractivity contribution in [1.82, 2.24) is 10.6 Å². The molecule has 25 heavy (non-hydrogen) atoms. The van der Waals surface area contributed by atoms with Crippen LogP contribution < -0.4 is 16.0 Å². The number of amides is 2. The minimum absolute atomic E-state index is 0.00455. The molecule has 0 aliphatic heterocycles. The lowest BCUT2D eigenvalue weighted by Crippen LogP contribution is -2.35. The van der Waals surface area contributed by atoms with E-state index >= 15 is 0 Å². The van der Waals surface area contributed by atoms with Crippen molar-refractivity contribution in [3.05, 3.63) is 29.8 Å². The zero-order chi connectivity index (χ0) is 18.8. The van der Waals surface area contributed by atoms with Crippen LogP contribution in [0.1, 0.15) is 44.0 Å². The Kier molecular flexibility index (Phi) is 8.55. The zero-order valence-electron chi connectivity index (χ0n) is 14.5. The number of thiocarbonyl (C=S) groups is 1. The molecule has 1 rings (SSSR count). The lowest BCUT2D eigenvalue weighted by Gasteiger charge is -2.14. The van der Waals surface area contributed by atoms with Gasteiger partial charge in [0, 0.05) is 12.5 Å². The number of anilines is 1. The number of esters is 1. The number of carbonyl (C=O) groups excluding carboxylic acids is 3. The smallest absolute Gasteiger partial charge is 0.306 e. The Balaban J connectivity index is 2.61. The minimum atomic E-state index is -0.438. The van der Waals surface area contributed by atoms with Gasteiger partial charge in [-0.2, -0.15) is 0 Å². The highest BCUT2D eigenvalue weighted by molar-refractivity contribution is 7.80. The number of hydrogen-bond acceptors (Lipinski definition) is 5. The Morgan fingerprint density at radius 1 is 1.16 bits per heavy atom. The Labute approximate surface area is 152 Å². The van der Waals surface area contributed by atoms with Crippen LogP contribution in [0.2, 0.25) is 0 Å². The van der Waals surface area contributed by atoms with Crippen LogP contribution in [0.4, 0.5) is 5.69 Å². The number of carbonyl (C=O) groups is 3. The molecular formula is C17H23N3O4S. The van der Waals surface area contributed by atoms with Gasteiger partial charge in [-0.1, -0.05) is 12.1 Å². The topological polar surface area (TPSA) is 96.5 Å². The molecule has 1 aromatic carbocycles. The molecule has 0 spiro atoms. The Morgan fingerprint density at radius 2 is 1.84 bits per heavy atom. The number of hydrogen-bond donors (Lipinski definition) is 3. The molecule has 0 aliphatic carbocycles. The highest BCUT2D eigenvalue weighted by atomic mass is 32.1. The maximum atomic E-state index is 12.2. The summed E-state index contributed by atoms with van der Waals surface area (Å²) in [7, 11) is 0. The van der Waals surface area contributed by atoms with E-state index < -0.39 is 11.9 Å². The minimum Gasteiger partial charge on any atom is -0.466 e. The summed E-state index contributed by atoms with van der Waals surface area (Å²) in [5.74, 6) is -1.09. The van der Waals surface area contributed by atoms with E-state index in [9.17, 15) is 14.4 Å². The fraction of sp³-hybridized carbons (Fsp3) is 0.412. The van der Waals surface area contributed by atoms with Crippen LogP contribution in [0.25, 0.3) is 0 Å². The highest BCUT2D eigenvalue weighted by Gasteiger charge is 2.14. The predicted molar refractivity (Wildman–Crippen MR) is 99.3 cm³/mol. The number of para-hydroxylation sites is 1. The van der Waals surface area contributed by atoms with Gasteiger partial charge in [0.1, 0.15) is 0 Å². The normalized spacial score (nSPS) is 10.1. The van der Waals surface area contributed by atoms with Crippen LogP contribution in [0.5, 0.6) is 0 Å². The molecule has 2 amide bonds. The first-order valence-electron chi connectivity index (χ1n) is 7.99. The molecule has 0 aliphatic rings. The van der Waals surface area contributed by atoms with Crippen molar-refractivity contribution in [1.29, 1.82) is 0 Å². The Morgan fingerprint density at radius 3 is 2.48 bits per heavy atom. The average Bonchev–Trinajstić information content (AvgIpc) is 2.53. The summed E-state index contributed by atoms with van der Waals surface area (Å²) >= 11 is 5.09. The van der Waals surface area contributed by atoms with E-state index in [0.717, 1.165) is 0 Å². The Hall–Kier alpha value is -2.48. The van der Waals surface area contributed by atoms with Crippen molar-refractivity contribution in [2.45, 2.75) is 39.7 Å². The quantitative estimate of drug-likeness (QED) is 0.505. The third-order valence-electron chi connectivity index (χ3n) is 2.95. The molecule has 8 heteroatoms. The van der Waals surface area contributed by atoms with Crippen LogP contribution in [-0.2, 0) is 14.3 Å². The molecule has 7 nitrogen and oxygen atoms in total. The molecule has 0 atom stereocenters. The van der Waals surface area contributed by atoms with E-state index in [-0.39, 0.29) is 36.5 Å². The first-order valence-corrected chi connectivity index (χ1v) is 8.40. The molecule has 0 fully saturated rings. The van der Waals surface area contributed by atoms with Crippen molar-refractivity contribution < 1.29 is 19.1 Å². The van der Waals surface area contributed by atoms with Crippen molar-refractivity contribution in [3.63, 3.8) is 0 Å². The van der Waals surface area contributed by atoms with Crippen LogP contribution in [0.3, 0.4) is 0 Å². The lowest BCUT2D eigenvalue weighted by atomic mass is 10.1. The molecule has 0 radical (unpaired) electrons. The van der Waals surface area contributed by atoms with Crippen molar-refractivity contribution in [2.75, 3.05) is 11.9 Å². The third kappa shape index (κ3) is 7.75. The second kappa shape index (κ2) is 10.4. The van der Waals surface area contributed by atoms with Gasteiger partial charge in [0.25, 0.3) is 5.91 Å². The average molecular weight is 365 g/mol. The highest BCUT2D eigenvalue weighted by Crippen LogP contribution is 2.15. The van der Waals surface area contributed by atoms with E-state index in [4.69, 9.17) is 17.0 Å². The summed E-state index contributed by atoms with van der Waals surface area (Å²) in [5, 5.41) is 8.16. The molecule has 0 bridgehead atoms. The molecule has 0 aromatic heterocycles. The number of benzene rings is 1. The first kappa shape index (κ1) is 20.6. The maximum Gasteiger partial charge on any atom is 0.306 e. The van der Waals surface area contributed by atoms with Gasteiger partial charge in [-0.05, 0) is 45.1 Å². The summed E-state index contributed by atoms with van der Waals surface area (Å²) in [6.07, 6.45) is -0.0498. The van der Waals surface area contributed by atoms with Gasteiger partial charge in [0.15, 0.2) is 5.11 Å². The van der Waals surface area contributed by atoms with Gasteiger partial charge in [-0.15, -0.1) is 0 Å². The first-order chi connectivity index (χ1) is 11.8. The summed E-state index contributed by atoms with van der Waals surface area (Å²) in [6.45, 7) is 5.70.